The van der Waals surface area contributed by atoms with Crippen LogP contribution in [0.5, 0.6) is 0 Å². The zero-order chi connectivity index (χ0) is 14.7. The molecule has 3 rings (SSSR count). The van der Waals surface area contributed by atoms with E-state index in [2.05, 4.69) is 15.5 Å². The van der Waals surface area contributed by atoms with Gasteiger partial charge in [-0.1, -0.05) is 24.6 Å². The van der Waals surface area contributed by atoms with Crippen molar-refractivity contribution in [3.63, 3.8) is 0 Å². The summed E-state index contributed by atoms with van der Waals surface area (Å²) >= 11 is 0. The normalized spacial score (nSPS) is 19.5. The smallest absolute Gasteiger partial charge is 0.320 e. The molecule has 1 unspecified atom stereocenters. The molecule has 21 heavy (non-hydrogen) atoms. The predicted octanol–water partition coefficient (Wildman–Crippen LogP) is 1.10. The minimum Gasteiger partial charge on any atom is -0.480 e. The summed E-state index contributed by atoms with van der Waals surface area (Å²) in [6, 6.07) is 9.16. The van der Waals surface area contributed by atoms with Gasteiger partial charge >= 0.3 is 5.97 Å². The lowest BCUT2D eigenvalue weighted by Crippen LogP contribution is -2.44. The number of likely N-dealkylation sites (tertiary alicyclic amines) is 1. The molecule has 2 heterocycles. The number of aliphatic carboxylic acids is 1. The maximum absolute atomic E-state index is 11.3. The zero-order valence-corrected chi connectivity index (χ0v) is 11.6. The molecule has 0 aliphatic carbocycles. The van der Waals surface area contributed by atoms with E-state index in [0.717, 1.165) is 25.1 Å². The van der Waals surface area contributed by atoms with Gasteiger partial charge in [-0.15, -0.1) is 5.10 Å². The summed E-state index contributed by atoms with van der Waals surface area (Å²) in [6.07, 6.45) is 2.65. The Hall–Kier alpha value is -2.28. The Morgan fingerprint density at radius 2 is 2.10 bits per heavy atom. The fourth-order valence-corrected chi connectivity index (χ4v) is 2.72. The van der Waals surface area contributed by atoms with Gasteiger partial charge in [-0.25, -0.2) is 0 Å². The molecule has 7 heteroatoms. The number of rotatable bonds is 4. The number of carboxylic acid groups (broad SMARTS) is 1. The average Bonchev–Trinajstić information content (AvgIpc) is 2.96. The van der Waals surface area contributed by atoms with E-state index in [9.17, 15) is 9.90 Å². The Labute approximate surface area is 122 Å². The number of hydrogen-bond donors (Lipinski definition) is 1. The second-order valence-electron chi connectivity index (χ2n) is 5.16. The number of carbonyl (C=O) groups is 1. The summed E-state index contributed by atoms with van der Waals surface area (Å²) < 4.78 is 1.66. The van der Waals surface area contributed by atoms with Gasteiger partial charge in [0.05, 0.1) is 12.2 Å². The first-order valence-electron chi connectivity index (χ1n) is 7.05. The number of benzene rings is 1. The topological polar surface area (TPSA) is 84.1 Å². The third kappa shape index (κ3) is 2.92. The predicted molar refractivity (Wildman–Crippen MR) is 74.8 cm³/mol. The second-order valence-corrected chi connectivity index (χ2v) is 5.16. The molecule has 7 nitrogen and oxygen atoms in total. The van der Waals surface area contributed by atoms with Crippen LogP contribution < -0.4 is 0 Å². The Morgan fingerprint density at radius 1 is 1.29 bits per heavy atom. The highest BCUT2D eigenvalue weighted by atomic mass is 16.4. The number of nitrogens with zero attached hydrogens (tertiary/aromatic N) is 5. The molecule has 1 saturated heterocycles. The van der Waals surface area contributed by atoms with Crippen LogP contribution in [0.2, 0.25) is 0 Å². The van der Waals surface area contributed by atoms with Crippen LogP contribution in [-0.2, 0) is 11.3 Å². The van der Waals surface area contributed by atoms with Crippen LogP contribution >= 0.6 is 0 Å². The van der Waals surface area contributed by atoms with Crippen molar-refractivity contribution in [2.45, 2.75) is 31.8 Å². The lowest BCUT2D eigenvalue weighted by Gasteiger charge is -2.32. The number of tetrazole rings is 1. The molecule has 1 aromatic heterocycles. The largest absolute Gasteiger partial charge is 0.480 e. The summed E-state index contributed by atoms with van der Waals surface area (Å²) in [5.41, 5.74) is 0.876. The van der Waals surface area contributed by atoms with Gasteiger partial charge < -0.3 is 5.11 Å². The van der Waals surface area contributed by atoms with E-state index in [0.29, 0.717) is 18.8 Å². The van der Waals surface area contributed by atoms with Crippen LogP contribution in [0.15, 0.2) is 30.3 Å². The van der Waals surface area contributed by atoms with Crippen LogP contribution in [0.4, 0.5) is 0 Å². The molecule has 1 aliphatic rings. The lowest BCUT2D eigenvalue weighted by molar-refractivity contribution is -0.144. The molecule has 1 atom stereocenters. The van der Waals surface area contributed by atoms with E-state index in [1.54, 1.807) is 4.68 Å². The molecule has 110 valence electrons. The van der Waals surface area contributed by atoms with E-state index in [-0.39, 0.29) is 0 Å². The number of piperidine rings is 1. The molecule has 1 aromatic carbocycles. The fraction of sp³-hybridized carbons (Fsp3) is 0.429. The molecule has 0 spiro atoms. The van der Waals surface area contributed by atoms with Crippen molar-refractivity contribution < 1.29 is 9.90 Å². The molecule has 2 aromatic rings. The minimum absolute atomic E-state index is 0.443. The van der Waals surface area contributed by atoms with Crippen molar-refractivity contribution >= 4 is 5.97 Å². The van der Waals surface area contributed by atoms with E-state index in [1.807, 2.05) is 35.2 Å². The van der Waals surface area contributed by atoms with Crippen LogP contribution in [0.1, 0.15) is 25.1 Å². The molecular weight excluding hydrogens is 270 g/mol. The average molecular weight is 287 g/mol. The van der Waals surface area contributed by atoms with Gasteiger partial charge in [0.15, 0.2) is 5.82 Å². The maximum Gasteiger partial charge on any atom is 0.320 e. The van der Waals surface area contributed by atoms with E-state index in [4.69, 9.17) is 0 Å². The molecule has 1 aliphatic heterocycles. The molecule has 1 N–H and O–H groups in total. The Kier molecular flexibility index (Phi) is 3.92. The van der Waals surface area contributed by atoms with Gasteiger partial charge in [0, 0.05) is 0 Å². The molecule has 0 amide bonds. The Balaban J connectivity index is 1.82. The van der Waals surface area contributed by atoms with E-state index < -0.39 is 12.0 Å². The number of carboxylic acids is 1. The SMILES string of the molecule is O=C(O)C1CCCCN1Cc1nnnn1-c1ccccc1. The van der Waals surface area contributed by atoms with Gasteiger partial charge in [0.25, 0.3) is 0 Å². The summed E-state index contributed by atoms with van der Waals surface area (Å²) in [4.78, 5) is 13.3. The molecule has 1 fully saturated rings. The van der Waals surface area contributed by atoms with Crippen molar-refractivity contribution in [2.75, 3.05) is 6.54 Å². The Morgan fingerprint density at radius 3 is 2.86 bits per heavy atom. The highest BCUT2D eigenvalue weighted by Gasteiger charge is 2.29. The summed E-state index contributed by atoms with van der Waals surface area (Å²) in [7, 11) is 0. The maximum atomic E-state index is 11.3. The van der Waals surface area contributed by atoms with Gasteiger partial charge in [0.1, 0.15) is 6.04 Å². The molecule has 0 saturated carbocycles. The number of para-hydroxylation sites is 1. The third-order valence-corrected chi connectivity index (χ3v) is 3.78. The van der Waals surface area contributed by atoms with Crippen molar-refractivity contribution in [2.24, 2.45) is 0 Å². The van der Waals surface area contributed by atoms with E-state index in [1.165, 1.54) is 0 Å². The first-order valence-corrected chi connectivity index (χ1v) is 7.05. The molecule has 0 bridgehead atoms. The van der Waals surface area contributed by atoms with Crippen molar-refractivity contribution in [3.8, 4) is 5.69 Å². The van der Waals surface area contributed by atoms with Crippen LogP contribution in [0, 0.1) is 0 Å². The second kappa shape index (κ2) is 6.01. The van der Waals surface area contributed by atoms with Crippen molar-refractivity contribution in [1.82, 2.24) is 25.1 Å². The number of aromatic nitrogens is 4. The first kappa shape index (κ1) is 13.7. The van der Waals surface area contributed by atoms with Gasteiger partial charge in [0.2, 0.25) is 0 Å². The van der Waals surface area contributed by atoms with Crippen LogP contribution in [-0.4, -0.2) is 48.8 Å². The monoisotopic (exact) mass is 287 g/mol. The standard InChI is InChI=1S/C14H17N5O2/c20-14(21)12-8-4-5-9-18(12)10-13-15-16-17-19(13)11-6-2-1-3-7-11/h1-3,6-7,12H,4-5,8-10H2,(H,20,21). The van der Waals surface area contributed by atoms with Crippen molar-refractivity contribution in [3.05, 3.63) is 36.2 Å². The fourth-order valence-electron chi connectivity index (χ4n) is 2.72. The van der Waals surface area contributed by atoms with Gasteiger partial charge in [-0.3, -0.25) is 9.69 Å². The third-order valence-electron chi connectivity index (χ3n) is 3.78. The lowest BCUT2D eigenvalue weighted by atomic mass is 10.0. The first-order chi connectivity index (χ1) is 10.3. The van der Waals surface area contributed by atoms with Crippen LogP contribution in [0.25, 0.3) is 5.69 Å². The highest BCUT2D eigenvalue weighted by Crippen LogP contribution is 2.19. The summed E-state index contributed by atoms with van der Waals surface area (Å²) in [6.45, 7) is 1.21. The van der Waals surface area contributed by atoms with Gasteiger partial charge in [-0.05, 0) is 41.9 Å². The van der Waals surface area contributed by atoms with E-state index >= 15 is 0 Å². The zero-order valence-electron chi connectivity index (χ0n) is 11.6. The minimum atomic E-state index is -0.770. The number of hydrogen-bond acceptors (Lipinski definition) is 5. The van der Waals surface area contributed by atoms with Crippen molar-refractivity contribution in [1.29, 1.82) is 0 Å². The van der Waals surface area contributed by atoms with Crippen LogP contribution in [0.3, 0.4) is 0 Å². The van der Waals surface area contributed by atoms with Gasteiger partial charge in [-0.2, -0.15) is 4.68 Å². The quantitative estimate of drug-likeness (QED) is 0.906. The molecular formula is C14H17N5O2. The highest BCUT2D eigenvalue weighted by molar-refractivity contribution is 5.73. The molecule has 0 radical (unpaired) electrons. The summed E-state index contributed by atoms with van der Waals surface area (Å²) in [5.74, 6) is -0.109. The Bertz CT molecular complexity index is 613. The summed E-state index contributed by atoms with van der Waals surface area (Å²) in [5, 5.41) is 21.1.